The number of carbonyl (C=O) groups excluding carboxylic acids is 3. The number of nitrogens with two attached hydrogens (primary N) is 1. The summed E-state index contributed by atoms with van der Waals surface area (Å²) in [6, 6.07) is 20.5. The first-order valence-corrected chi connectivity index (χ1v) is 25.8. The van der Waals surface area contributed by atoms with Gasteiger partial charge in [0.1, 0.15) is 34.3 Å². The summed E-state index contributed by atoms with van der Waals surface area (Å²) in [5.74, 6) is -10.1. The van der Waals surface area contributed by atoms with Crippen molar-refractivity contribution in [1.29, 1.82) is 0 Å². The fourth-order valence-electron chi connectivity index (χ4n) is 9.06. The largest absolute Gasteiger partial charge is 0.478 e. The molecule has 2 aliphatic rings. The highest BCUT2D eigenvalue weighted by molar-refractivity contribution is 5.97. The Morgan fingerprint density at radius 3 is 1.41 bits per heavy atom. The summed E-state index contributed by atoms with van der Waals surface area (Å²) in [5.41, 5.74) is 3.17. The number of rotatable bonds is 11. The van der Waals surface area contributed by atoms with E-state index in [0.29, 0.717) is 5.56 Å². The van der Waals surface area contributed by atoms with Gasteiger partial charge in [-0.15, -0.1) is 0 Å². The SMILES string of the molecule is NCc1cc2cc(-c3ccc(C(=O)N4CCC(F)(F)CC4)cc3F)cc(C(F)(F)F)c2o1.O=C(/C=C/c1cccnc1)NCc1cc2cc(-c3ccc(C(=O)N4CCC(F)(F)CC4)cc3F)cc(C(F)(F)F)c2o1.O=C(O)/C=C/c1cccnc1. The van der Waals surface area contributed by atoms with Gasteiger partial charge in [-0.25, -0.2) is 31.1 Å². The van der Waals surface area contributed by atoms with E-state index in [1.165, 1.54) is 76.6 Å². The highest BCUT2D eigenvalue weighted by Gasteiger charge is 2.39. The second-order valence-corrected chi connectivity index (χ2v) is 19.5. The molecule has 6 heterocycles. The number of pyridine rings is 2. The number of benzene rings is 4. The van der Waals surface area contributed by atoms with Crippen molar-refractivity contribution in [3.8, 4) is 22.3 Å². The van der Waals surface area contributed by atoms with Gasteiger partial charge in [-0.05, 0) is 107 Å². The van der Waals surface area contributed by atoms with E-state index in [9.17, 15) is 67.5 Å². The minimum absolute atomic E-state index is 0.0313. The molecule has 4 aromatic heterocycles. The first kappa shape index (κ1) is 61.8. The van der Waals surface area contributed by atoms with Crippen molar-refractivity contribution in [2.45, 2.75) is 63.0 Å². The molecular weight excluding hydrogens is 1140 g/mol. The normalized spacial score (nSPS) is 15.1. The van der Waals surface area contributed by atoms with Crippen molar-refractivity contribution in [3.63, 3.8) is 0 Å². The molecule has 2 aliphatic heterocycles. The monoisotopic (exact) mass is 1190 g/mol. The lowest BCUT2D eigenvalue weighted by atomic mass is 9.98. The van der Waals surface area contributed by atoms with E-state index in [-0.39, 0.29) is 94.9 Å². The van der Waals surface area contributed by atoms with Crippen LogP contribution in [0.2, 0.25) is 0 Å². The van der Waals surface area contributed by atoms with Gasteiger partial charge in [-0.2, -0.15) is 26.3 Å². The molecule has 13 nitrogen and oxygen atoms in total. The highest BCUT2D eigenvalue weighted by Crippen LogP contribution is 2.42. The summed E-state index contributed by atoms with van der Waals surface area (Å²) < 4.78 is 177. The van der Waals surface area contributed by atoms with E-state index < -0.39 is 107 Å². The Labute approximate surface area is 475 Å². The zero-order valence-corrected chi connectivity index (χ0v) is 44.2. The lowest BCUT2D eigenvalue weighted by Gasteiger charge is -2.31. The average Bonchev–Trinajstić information content (AvgIpc) is 3.38. The molecular formula is C60H48F12N6O7. The Morgan fingerprint density at radius 2 is 1.02 bits per heavy atom. The molecule has 0 bridgehead atoms. The molecule has 0 atom stereocenters. The van der Waals surface area contributed by atoms with Crippen LogP contribution in [0.25, 0.3) is 56.3 Å². The molecule has 4 aromatic carbocycles. The number of nitrogens with zero attached hydrogens (tertiary/aromatic N) is 4. The fraction of sp³-hybridized carbons (Fsp3) is 0.233. The van der Waals surface area contributed by atoms with Crippen LogP contribution in [-0.2, 0) is 35.0 Å². The quantitative estimate of drug-likeness (QED) is 0.0831. The van der Waals surface area contributed by atoms with Crippen molar-refractivity contribution >= 4 is 57.8 Å². The summed E-state index contributed by atoms with van der Waals surface area (Å²) in [6.45, 7) is -1.01. The number of amides is 3. The maximum atomic E-state index is 15.2. The van der Waals surface area contributed by atoms with Crippen molar-refractivity contribution in [3.05, 3.63) is 191 Å². The molecule has 10 rings (SSSR count). The fourth-order valence-corrected chi connectivity index (χ4v) is 9.06. The number of aliphatic carboxylic acids is 1. The third-order valence-corrected chi connectivity index (χ3v) is 13.4. The third-order valence-electron chi connectivity index (χ3n) is 13.4. The summed E-state index contributed by atoms with van der Waals surface area (Å²) in [6.07, 6.45) is 0.149. The van der Waals surface area contributed by atoms with Gasteiger partial charge in [0.05, 0.1) is 24.2 Å². The van der Waals surface area contributed by atoms with Crippen LogP contribution in [0.4, 0.5) is 52.7 Å². The summed E-state index contributed by atoms with van der Waals surface area (Å²) >= 11 is 0. The predicted molar refractivity (Wildman–Crippen MR) is 287 cm³/mol. The number of hydrogen-bond acceptors (Lipinski definition) is 9. The molecule has 2 fully saturated rings. The van der Waals surface area contributed by atoms with Gasteiger partial charge in [0, 0.05) is 122 Å². The lowest BCUT2D eigenvalue weighted by molar-refractivity contribution is -0.137. The molecule has 0 spiro atoms. The van der Waals surface area contributed by atoms with Crippen LogP contribution in [0, 0.1) is 11.6 Å². The molecule has 3 amide bonds. The van der Waals surface area contributed by atoms with Gasteiger partial charge in [-0.1, -0.05) is 24.3 Å². The topological polar surface area (TPSA) is 185 Å². The number of carboxylic acid groups (broad SMARTS) is 1. The van der Waals surface area contributed by atoms with Crippen LogP contribution < -0.4 is 11.1 Å². The van der Waals surface area contributed by atoms with Gasteiger partial charge < -0.3 is 34.8 Å². The molecule has 25 heteroatoms. The summed E-state index contributed by atoms with van der Waals surface area (Å²) in [4.78, 5) is 57.6. The smallest absolute Gasteiger partial charge is 0.420 e. The van der Waals surface area contributed by atoms with Crippen LogP contribution in [0.1, 0.15) is 80.2 Å². The number of alkyl halides is 10. The second-order valence-electron chi connectivity index (χ2n) is 19.5. The molecule has 0 saturated carbocycles. The summed E-state index contributed by atoms with van der Waals surface area (Å²) in [7, 11) is 0. The van der Waals surface area contributed by atoms with Gasteiger partial charge in [0.15, 0.2) is 0 Å². The third kappa shape index (κ3) is 15.9. The number of nitrogens with one attached hydrogen (secondary N) is 1. The van der Waals surface area contributed by atoms with E-state index in [2.05, 4.69) is 15.3 Å². The van der Waals surface area contributed by atoms with Crippen LogP contribution in [0.5, 0.6) is 0 Å². The first-order chi connectivity index (χ1) is 40.2. The van der Waals surface area contributed by atoms with Crippen molar-refractivity contribution < 1.29 is 85.8 Å². The average molecular weight is 1190 g/mol. The predicted octanol–water partition coefficient (Wildman–Crippen LogP) is 13.6. The molecule has 0 aliphatic carbocycles. The van der Waals surface area contributed by atoms with Gasteiger partial charge in [0.2, 0.25) is 5.91 Å². The van der Waals surface area contributed by atoms with Gasteiger partial charge >= 0.3 is 18.3 Å². The van der Waals surface area contributed by atoms with E-state index in [1.807, 2.05) is 0 Å². The Bertz CT molecular complexity index is 3790. The number of aromatic nitrogens is 2. The number of likely N-dealkylation sites (tertiary alicyclic amines) is 2. The van der Waals surface area contributed by atoms with E-state index in [4.69, 9.17) is 19.7 Å². The van der Waals surface area contributed by atoms with Crippen molar-refractivity contribution in [2.24, 2.45) is 5.73 Å². The highest BCUT2D eigenvalue weighted by atomic mass is 19.4. The maximum absolute atomic E-state index is 15.2. The minimum atomic E-state index is -4.85. The molecule has 0 unspecified atom stereocenters. The second kappa shape index (κ2) is 25.7. The molecule has 0 radical (unpaired) electrons. The molecule has 4 N–H and O–H groups in total. The zero-order valence-electron chi connectivity index (χ0n) is 44.2. The van der Waals surface area contributed by atoms with Crippen molar-refractivity contribution in [2.75, 3.05) is 26.2 Å². The number of hydrogen-bond donors (Lipinski definition) is 3. The summed E-state index contributed by atoms with van der Waals surface area (Å²) in [5, 5.41) is 10.9. The number of furan rings is 2. The Morgan fingerprint density at radius 1 is 0.600 bits per heavy atom. The number of piperidine rings is 2. The van der Waals surface area contributed by atoms with Crippen LogP contribution in [0.3, 0.4) is 0 Å². The molecule has 85 heavy (non-hydrogen) atoms. The Balaban J connectivity index is 0.000000192. The standard InChI is InChI=1S/C30H23F6N3O3.C22H18F6N2O2.C8H7NO2/c31-25-15-19(28(41)39-10-7-29(32,33)8-11-39)4-5-23(25)20-12-21-13-22(42-27(21)24(14-20)30(34,35)36)17-38-26(40)6-3-18-2-1-9-37-16-18;23-18-10-12(20(31)30-5-3-21(24,25)4-6-30)1-2-16(18)13-7-14-8-15(11-29)32-19(14)17(9-13)22(26,27)28;10-8(11)4-3-7-2-1-5-9-6-7/h1-6,9,12-16H,7-8,10-11,17H2,(H,38,40);1-2,7-10H,3-6,11,29H2;1-6H,(H,10,11)/b6-3+;;4-3+. The van der Waals surface area contributed by atoms with E-state index in [0.717, 1.165) is 35.9 Å². The van der Waals surface area contributed by atoms with Crippen LogP contribution in [-0.4, -0.2) is 86.6 Å². The van der Waals surface area contributed by atoms with Gasteiger partial charge in [-0.3, -0.25) is 24.4 Å². The molecule has 8 aromatic rings. The first-order valence-electron chi connectivity index (χ1n) is 25.8. The number of fused-ring (bicyclic) bond motifs is 2. The van der Waals surface area contributed by atoms with E-state index in [1.54, 1.807) is 49.1 Å². The van der Waals surface area contributed by atoms with Crippen molar-refractivity contribution in [1.82, 2.24) is 25.1 Å². The Kier molecular flexibility index (Phi) is 18.7. The minimum Gasteiger partial charge on any atom is -0.478 e. The van der Waals surface area contributed by atoms with E-state index >= 15 is 4.39 Å². The van der Waals surface area contributed by atoms with Crippen LogP contribution in [0.15, 0.2) is 143 Å². The molecule has 444 valence electrons. The zero-order chi connectivity index (χ0) is 61.4. The Hall–Kier alpha value is -9.26. The number of carboxylic acids is 1. The number of carbonyl (C=O) groups is 4. The number of halogens is 12. The lowest BCUT2D eigenvalue weighted by Crippen LogP contribution is -2.42. The van der Waals surface area contributed by atoms with Crippen LogP contribution >= 0.6 is 0 Å². The van der Waals surface area contributed by atoms with Gasteiger partial charge in [0.25, 0.3) is 23.7 Å². The maximum Gasteiger partial charge on any atom is 0.420 e. The molecule has 2 saturated heterocycles.